The number of halogens is 1. The van der Waals surface area contributed by atoms with Crippen LogP contribution in [0.1, 0.15) is 52.4 Å². The van der Waals surface area contributed by atoms with E-state index in [1.807, 2.05) is 0 Å². The van der Waals surface area contributed by atoms with Crippen LogP contribution < -0.4 is 0 Å². The molecule has 6 nitrogen and oxygen atoms in total. The van der Waals surface area contributed by atoms with Crippen LogP contribution in [0.2, 0.25) is 0 Å². The van der Waals surface area contributed by atoms with Gasteiger partial charge in [-0.2, -0.15) is 0 Å². The van der Waals surface area contributed by atoms with E-state index in [9.17, 15) is 30.0 Å². The van der Waals surface area contributed by atoms with Gasteiger partial charge in [-0.3, -0.25) is 9.59 Å². The van der Waals surface area contributed by atoms with Gasteiger partial charge in [-0.15, -0.1) is 12.3 Å². The predicted molar refractivity (Wildman–Crippen MR) is 97.6 cm³/mol. The molecule has 0 radical (unpaired) electrons. The second kappa shape index (κ2) is 6.60. The highest BCUT2D eigenvalue weighted by Gasteiger charge is 2.76. The predicted octanol–water partition coefficient (Wildman–Crippen LogP) is 0.538. The molecule has 3 aliphatic rings. The highest BCUT2D eigenvalue weighted by atomic mass is 19.1. The summed E-state index contributed by atoms with van der Waals surface area (Å²) in [6.45, 7) is 2.09. The molecule has 4 N–H and O–H groups in total. The Kier molecular flexibility index (Phi) is 5.04. The largest absolute Gasteiger partial charge is 0.390 e. The zero-order valence-electron chi connectivity index (χ0n) is 16.3. The van der Waals surface area contributed by atoms with E-state index >= 15 is 4.39 Å². The van der Waals surface area contributed by atoms with Gasteiger partial charge in [0.05, 0.1) is 17.6 Å². The Labute approximate surface area is 164 Å². The van der Waals surface area contributed by atoms with E-state index in [0.717, 1.165) is 0 Å². The van der Waals surface area contributed by atoms with Crippen molar-refractivity contribution in [1.82, 2.24) is 0 Å². The molecule has 8 atom stereocenters. The van der Waals surface area contributed by atoms with Crippen LogP contribution in [0.15, 0.2) is 0 Å². The fourth-order valence-electron chi connectivity index (χ4n) is 6.58. The second-order valence-corrected chi connectivity index (χ2v) is 9.22. The number of terminal acetylenes is 1. The Hall–Kier alpha value is -1.33. The lowest BCUT2D eigenvalue weighted by atomic mass is 9.45. The molecule has 0 aromatic heterocycles. The zero-order chi connectivity index (χ0) is 21.1. The maximum Gasteiger partial charge on any atom is 0.192 e. The van der Waals surface area contributed by atoms with Crippen molar-refractivity contribution in [3.05, 3.63) is 0 Å². The van der Waals surface area contributed by atoms with Crippen molar-refractivity contribution in [3.8, 4) is 12.3 Å². The fraction of sp³-hybridized carbons (Fsp3) is 0.810. The lowest BCUT2D eigenvalue weighted by molar-refractivity contribution is -0.234. The molecular weight excluding hydrogens is 367 g/mol. The van der Waals surface area contributed by atoms with E-state index in [1.54, 1.807) is 6.92 Å². The standard InChI is InChI=1S/C21H29FO6/c1-4-5-8-18(2)14(24)7-6-12-13-9-15(25)21(28,17(27)11-23)19(13,3)10-16(26)20(12,18)22/h1,12-13,15-16,23,25-26,28H,5-11H2,2-3H3/t12-,13-,15+,16-,18-,19-,20?,21-/m0/s1. The minimum absolute atomic E-state index is 0.0405. The summed E-state index contributed by atoms with van der Waals surface area (Å²) in [4.78, 5) is 25.1. The van der Waals surface area contributed by atoms with Crippen molar-refractivity contribution >= 4 is 11.6 Å². The first-order chi connectivity index (χ1) is 12.9. The summed E-state index contributed by atoms with van der Waals surface area (Å²) in [6.07, 6.45) is 2.44. The molecule has 3 aliphatic carbocycles. The second-order valence-electron chi connectivity index (χ2n) is 9.22. The first kappa shape index (κ1) is 21.4. The van der Waals surface area contributed by atoms with Crippen LogP contribution >= 0.6 is 0 Å². The van der Waals surface area contributed by atoms with Crippen LogP contribution in [0.5, 0.6) is 0 Å². The fourth-order valence-corrected chi connectivity index (χ4v) is 6.58. The van der Waals surface area contributed by atoms with Gasteiger partial charge in [0.15, 0.2) is 17.1 Å². The molecule has 0 amide bonds. The van der Waals surface area contributed by atoms with Crippen molar-refractivity contribution in [2.45, 2.75) is 75.9 Å². The number of carbonyl (C=O) groups excluding carboxylic acids is 2. The highest BCUT2D eigenvalue weighted by Crippen LogP contribution is 2.68. The third-order valence-corrected chi connectivity index (χ3v) is 8.26. The maximum absolute atomic E-state index is 16.7. The third kappa shape index (κ3) is 2.29. The number of hydrogen-bond donors (Lipinski definition) is 4. The number of aliphatic hydroxyl groups is 4. The lowest BCUT2D eigenvalue weighted by Gasteiger charge is -2.61. The molecule has 28 heavy (non-hydrogen) atoms. The van der Waals surface area contributed by atoms with Crippen molar-refractivity contribution in [3.63, 3.8) is 0 Å². The molecule has 3 rings (SSSR count). The van der Waals surface area contributed by atoms with E-state index < -0.39 is 58.5 Å². The van der Waals surface area contributed by atoms with Gasteiger partial charge in [0.1, 0.15) is 12.4 Å². The van der Waals surface area contributed by atoms with Crippen LogP contribution in [-0.2, 0) is 9.59 Å². The first-order valence-electron chi connectivity index (χ1n) is 9.83. The monoisotopic (exact) mass is 396 g/mol. The third-order valence-electron chi connectivity index (χ3n) is 8.26. The van der Waals surface area contributed by atoms with Crippen molar-refractivity contribution in [2.75, 3.05) is 6.61 Å². The highest BCUT2D eigenvalue weighted by molar-refractivity contribution is 5.91. The van der Waals surface area contributed by atoms with Gasteiger partial charge >= 0.3 is 0 Å². The average Bonchev–Trinajstić information content (AvgIpc) is 2.85. The first-order valence-corrected chi connectivity index (χ1v) is 9.83. The summed E-state index contributed by atoms with van der Waals surface area (Å²) in [6, 6.07) is 0. The molecule has 0 aliphatic heterocycles. The van der Waals surface area contributed by atoms with Gasteiger partial charge in [-0.25, -0.2) is 4.39 Å². The number of alkyl halides is 1. The van der Waals surface area contributed by atoms with E-state index in [4.69, 9.17) is 6.42 Å². The molecule has 0 saturated heterocycles. The van der Waals surface area contributed by atoms with E-state index in [-0.39, 0.29) is 44.3 Å². The summed E-state index contributed by atoms with van der Waals surface area (Å²) >= 11 is 0. The maximum atomic E-state index is 16.7. The summed E-state index contributed by atoms with van der Waals surface area (Å²) in [5, 5.41) is 41.9. The molecule has 156 valence electrons. The number of carbonyl (C=O) groups is 2. The van der Waals surface area contributed by atoms with Crippen LogP contribution in [0, 0.1) is 35.0 Å². The summed E-state index contributed by atoms with van der Waals surface area (Å²) in [5.74, 6) is -0.247. The number of aliphatic hydroxyl groups excluding tert-OH is 3. The lowest BCUT2D eigenvalue weighted by Crippen LogP contribution is -2.71. The van der Waals surface area contributed by atoms with E-state index in [0.29, 0.717) is 0 Å². The van der Waals surface area contributed by atoms with Crippen LogP contribution in [-0.4, -0.2) is 62.1 Å². The van der Waals surface area contributed by atoms with Gasteiger partial charge in [0.2, 0.25) is 0 Å². The molecule has 0 heterocycles. The van der Waals surface area contributed by atoms with Crippen LogP contribution in [0.25, 0.3) is 0 Å². The van der Waals surface area contributed by atoms with Crippen molar-refractivity contribution in [2.24, 2.45) is 22.7 Å². The molecule has 0 aromatic carbocycles. The summed E-state index contributed by atoms with van der Waals surface area (Å²) in [7, 11) is 0. The topological polar surface area (TPSA) is 115 Å². The molecule has 3 saturated carbocycles. The normalized spacial score (nSPS) is 50.6. The van der Waals surface area contributed by atoms with Gasteiger partial charge in [-0.05, 0) is 38.5 Å². The molecule has 7 heteroatoms. The number of fused-ring (bicyclic) bond motifs is 3. The van der Waals surface area contributed by atoms with E-state index in [1.165, 1.54) is 6.92 Å². The quantitative estimate of drug-likeness (QED) is 0.516. The van der Waals surface area contributed by atoms with E-state index in [2.05, 4.69) is 5.92 Å². The molecule has 3 fully saturated rings. The molecule has 1 unspecified atom stereocenters. The summed E-state index contributed by atoms with van der Waals surface area (Å²) < 4.78 is 16.7. The zero-order valence-corrected chi connectivity index (χ0v) is 16.3. The van der Waals surface area contributed by atoms with Gasteiger partial charge in [-0.1, -0.05) is 6.92 Å². The van der Waals surface area contributed by atoms with Crippen LogP contribution in [0.3, 0.4) is 0 Å². The number of Topliss-reactive ketones (excluding diaryl/α,β-unsaturated/α-hetero) is 2. The average molecular weight is 396 g/mol. The Morgan fingerprint density at radius 1 is 1.29 bits per heavy atom. The SMILES string of the molecule is C#CCC[C@@]1(C)C(=O)CC[C@H]2[C@@H]3C[C@@H](O)[C@](O)(C(=O)CO)[C@@]3(C)C[C@H](O)C21F. The molecule has 0 bridgehead atoms. The Morgan fingerprint density at radius 2 is 1.93 bits per heavy atom. The number of hydrogen-bond acceptors (Lipinski definition) is 6. The molecule has 0 spiro atoms. The Morgan fingerprint density at radius 3 is 2.50 bits per heavy atom. The van der Waals surface area contributed by atoms with Gasteiger partial charge in [0.25, 0.3) is 0 Å². The van der Waals surface area contributed by atoms with Gasteiger partial charge < -0.3 is 20.4 Å². The van der Waals surface area contributed by atoms with Crippen LogP contribution in [0.4, 0.5) is 4.39 Å². The Balaban J connectivity index is 2.11. The van der Waals surface area contributed by atoms with Gasteiger partial charge in [0, 0.05) is 24.2 Å². The minimum Gasteiger partial charge on any atom is -0.390 e. The van der Waals surface area contributed by atoms with Crippen molar-refractivity contribution in [1.29, 1.82) is 0 Å². The van der Waals surface area contributed by atoms with Crippen molar-refractivity contribution < 1.29 is 34.4 Å². The molecule has 0 aromatic rings. The number of rotatable bonds is 4. The number of ketones is 2. The summed E-state index contributed by atoms with van der Waals surface area (Å²) in [5.41, 5.74) is -7.34. The minimum atomic E-state index is -2.27. The smallest absolute Gasteiger partial charge is 0.192 e. The Bertz CT molecular complexity index is 733. The molecular formula is C21H29FO6.